The van der Waals surface area contributed by atoms with Crippen molar-refractivity contribution in [3.05, 3.63) is 72.3 Å². The molecule has 0 spiro atoms. The first kappa shape index (κ1) is 21.3. The Balaban J connectivity index is 1.39. The predicted octanol–water partition coefficient (Wildman–Crippen LogP) is 4.91. The molecule has 0 atom stereocenters. The normalized spacial score (nSPS) is 15.2. The first-order valence-corrected chi connectivity index (χ1v) is 10.7. The van der Waals surface area contributed by atoms with Crippen LogP contribution in [0.25, 0.3) is 16.9 Å². The largest absolute Gasteiger partial charge is 0.416 e. The van der Waals surface area contributed by atoms with Crippen molar-refractivity contribution in [3.8, 4) is 11.3 Å². The smallest absolute Gasteiger partial charge is 0.369 e. The monoisotopic (exact) mass is 452 g/mol. The molecule has 2 aromatic heterocycles. The first-order valence-electron chi connectivity index (χ1n) is 10.7. The molecule has 1 aliphatic rings. The summed E-state index contributed by atoms with van der Waals surface area (Å²) in [5.74, 6) is 0.377. The van der Waals surface area contributed by atoms with E-state index in [1.54, 1.807) is 28.8 Å². The summed E-state index contributed by atoms with van der Waals surface area (Å²) in [4.78, 5) is 9.16. The van der Waals surface area contributed by atoms with Crippen molar-refractivity contribution in [2.24, 2.45) is 0 Å². The number of halogens is 3. The Hall–Kier alpha value is -3.59. The van der Waals surface area contributed by atoms with Gasteiger partial charge in [-0.2, -0.15) is 18.2 Å². The number of hydrogen-bond donors (Lipinski definition) is 1. The molecule has 1 N–H and O–H groups in total. The van der Waals surface area contributed by atoms with E-state index in [0.717, 1.165) is 44.0 Å². The highest BCUT2D eigenvalue weighted by Gasteiger charge is 2.30. The zero-order valence-electron chi connectivity index (χ0n) is 18.0. The van der Waals surface area contributed by atoms with Gasteiger partial charge in [0.15, 0.2) is 5.65 Å². The number of benzene rings is 2. The fourth-order valence-corrected chi connectivity index (χ4v) is 3.98. The highest BCUT2D eigenvalue weighted by Crippen LogP contribution is 2.32. The SMILES string of the molecule is CN1CCN(c2ccc(Nc3nc4cccc(-c5cccc(C(F)(F)F)c5)n4n3)cc2)CC1. The third-order valence-electron chi connectivity index (χ3n) is 5.84. The van der Waals surface area contributed by atoms with E-state index in [4.69, 9.17) is 0 Å². The Labute approximate surface area is 189 Å². The Morgan fingerprint density at radius 3 is 2.33 bits per heavy atom. The fourth-order valence-electron chi connectivity index (χ4n) is 3.98. The van der Waals surface area contributed by atoms with Gasteiger partial charge in [-0.3, -0.25) is 0 Å². The van der Waals surface area contributed by atoms with E-state index in [1.807, 2.05) is 12.1 Å². The number of hydrogen-bond acceptors (Lipinski definition) is 5. The van der Waals surface area contributed by atoms with Crippen LogP contribution in [0.2, 0.25) is 0 Å². The minimum Gasteiger partial charge on any atom is -0.369 e. The number of nitrogens with one attached hydrogen (secondary N) is 1. The molecule has 5 rings (SSSR count). The summed E-state index contributed by atoms with van der Waals surface area (Å²) in [5, 5.41) is 7.69. The Morgan fingerprint density at radius 2 is 1.61 bits per heavy atom. The lowest BCUT2D eigenvalue weighted by molar-refractivity contribution is -0.137. The number of fused-ring (bicyclic) bond motifs is 1. The highest BCUT2D eigenvalue weighted by molar-refractivity contribution is 5.66. The van der Waals surface area contributed by atoms with E-state index in [2.05, 4.69) is 44.4 Å². The van der Waals surface area contributed by atoms with Crippen LogP contribution in [0.3, 0.4) is 0 Å². The standard InChI is InChI=1S/C24H23F3N6/c1-31-12-14-32(15-13-31)20-10-8-19(9-11-20)28-23-29-22-7-3-6-21(33(22)30-23)17-4-2-5-18(16-17)24(25,26)27/h2-11,16H,12-15H2,1H3,(H,28,30). The van der Waals surface area contributed by atoms with Crippen LogP contribution in [-0.4, -0.2) is 52.7 Å². The van der Waals surface area contributed by atoms with Gasteiger partial charge in [0.2, 0.25) is 5.95 Å². The van der Waals surface area contributed by atoms with Crippen molar-refractivity contribution in [1.29, 1.82) is 0 Å². The molecule has 0 radical (unpaired) electrons. The maximum absolute atomic E-state index is 13.2. The number of nitrogens with zero attached hydrogens (tertiary/aromatic N) is 5. The van der Waals surface area contributed by atoms with Gasteiger partial charge in [-0.15, -0.1) is 5.10 Å². The van der Waals surface area contributed by atoms with Crippen LogP contribution < -0.4 is 10.2 Å². The molecule has 4 aromatic rings. The second-order valence-corrected chi connectivity index (χ2v) is 8.16. The van der Waals surface area contributed by atoms with Gasteiger partial charge in [0, 0.05) is 43.1 Å². The Kier molecular flexibility index (Phi) is 5.41. The van der Waals surface area contributed by atoms with Gasteiger partial charge >= 0.3 is 6.18 Å². The summed E-state index contributed by atoms with van der Waals surface area (Å²) in [7, 11) is 2.13. The summed E-state index contributed by atoms with van der Waals surface area (Å²) in [6.45, 7) is 4.07. The molecule has 0 bridgehead atoms. The van der Waals surface area contributed by atoms with Crippen molar-refractivity contribution < 1.29 is 13.2 Å². The fraction of sp³-hybridized carbons (Fsp3) is 0.250. The van der Waals surface area contributed by atoms with Crippen LogP contribution in [0.1, 0.15) is 5.56 Å². The summed E-state index contributed by atoms with van der Waals surface area (Å²) in [5.41, 5.74) is 2.80. The van der Waals surface area contributed by atoms with Gasteiger partial charge in [0.25, 0.3) is 0 Å². The van der Waals surface area contributed by atoms with Crippen LogP contribution >= 0.6 is 0 Å². The average Bonchev–Trinajstić information content (AvgIpc) is 3.22. The summed E-state index contributed by atoms with van der Waals surface area (Å²) >= 11 is 0. The summed E-state index contributed by atoms with van der Waals surface area (Å²) in [6, 6.07) is 18.6. The van der Waals surface area contributed by atoms with Crippen molar-refractivity contribution in [3.63, 3.8) is 0 Å². The molecule has 0 amide bonds. The van der Waals surface area contributed by atoms with Gasteiger partial charge in [-0.1, -0.05) is 18.2 Å². The van der Waals surface area contributed by atoms with E-state index in [0.29, 0.717) is 22.9 Å². The maximum Gasteiger partial charge on any atom is 0.416 e. The van der Waals surface area contributed by atoms with Crippen LogP contribution in [-0.2, 0) is 6.18 Å². The van der Waals surface area contributed by atoms with Gasteiger partial charge in [0.1, 0.15) is 0 Å². The van der Waals surface area contributed by atoms with Gasteiger partial charge < -0.3 is 15.1 Å². The number of pyridine rings is 1. The van der Waals surface area contributed by atoms with Gasteiger partial charge in [-0.25, -0.2) is 4.52 Å². The molecular formula is C24H23F3N6. The van der Waals surface area contributed by atoms with Crippen molar-refractivity contribution in [2.75, 3.05) is 43.4 Å². The van der Waals surface area contributed by atoms with E-state index >= 15 is 0 Å². The lowest BCUT2D eigenvalue weighted by Gasteiger charge is -2.34. The van der Waals surface area contributed by atoms with Crippen molar-refractivity contribution in [2.45, 2.75) is 6.18 Å². The van der Waals surface area contributed by atoms with Crippen LogP contribution in [0.15, 0.2) is 66.7 Å². The highest BCUT2D eigenvalue weighted by atomic mass is 19.4. The van der Waals surface area contributed by atoms with Crippen LogP contribution in [0.5, 0.6) is 0 Å². The predicted molar refractivity (Wildman–Crippen MR) is 123 cm³/mol. The molecule has 1 fully saturated rings. The molecular weight excluding hydrogens is 429 g/mol. The van der Waals surface area contributed by atoms with E-state index in [9.17, 15) is 13.2 Å². The molecule has 1 aliphatic heterocycles. The maximum atomic E-state index is 13.2. The zero-order chi connectivity index (χ0) is 23.0. The van der Waals surface area contributed by atoms with Gasteiger partial charge in [-0.05, 0) is 55.6 Å². The molecule has 3 heterocycles. The summed E-state index contributed by atoms with van der Waals surface area (Å²) in [6.07, 6.45) is -4.41. The first-order chi connectivity index (χ1) is 15.9. The van der Waals surface area contributed by atoms with E-state index in [1.165, 1.54) is 11.8 Å². The number of aromatic nitrogens is 3. The van der Waals surface area contributed by atoms with E-state index in [-0.39, 0.29) is 0 Å². The molecule has 0 saturated carbocycles. The zero-order valence-corrected chi connectivity index (χ0v) is 18.0. The number of alkyl halides is 3. The molecule has 0 aliphatic carbocycles. The molecule has 0 unspecified atom stereocenters. The second-order valence-electron chi connectivity index (χ2n) is 8.16. The number of piperazine rings is 1. The minimum absolute atomic E-state index is 0.377. The third kappa shape index (κ3) is 4.49. The van der Waals surface area contributed by atoms with Crippen LogP contribution in [0.4, 0.5) is 30.5 Å². The Morgan fingerprint density at radius 1 is 0.879 bits per heavy atom. The van der Waals surface area contributed by atoms with E-state index < -0.39 is 11.7 Å². The quantitative estimate of drug-likeness (QED) is 0.477. The lowest BCUT2D eigenvalue weighted by Crippen LogP contribution is -2.44. The molecule has 170 valence electrons. The third-order valence-corrected chi connectivity index (χ3v) is 5.84. The number of likely N-dealkylation sites (N-methyl/N-ethyl adjacent to an activating group) is 1. The molecule has 1 saturated heterocycles. The average molecular weight is 452 g/mol. The minimum atomic E-state index is -4.41. The molecule has 33 heavy (non-hydrogen) atoms. The molecule has 9 heteroatoms. The number of anilines is 3. The van der Waals surface area contributed by atoms with Crippen molar-refractivity contribution in [1.82, 2.24) is 19.5 Å². The summed E-state index contributed by atoms with van der Waals surface area (Å²) < 4.78 is 41.0. The topological polar surface area (TPSA) is 48.7 Å². The Bertz CT molecular complexity index is 1260. The molecule has 2 aromatic carbocycles. The van der Waals surface area contributed by atoms with Gasteiger partial charge in [0.05, 0.1) is 11.3 Å². The number of rotatable bonds is 4. The second kappa shape index (κ2) is 8.40. The molecule has 6 nitrogen and oxygen atoms in total. The van der Waals surface area contributed by atoms with Crippen LogP contribution in [0, 0.1) is 0 Å². The van der Waals surface area contributed by atoms with Crippen molar-refractivity contribution >= 4 is 23.0 Å². The lowest BCUT2D eigenvalue weighted by atomic mass is 10.1.